The maximum atomic E-state index is 2.60. The van der Waals surface area contributed by atoms with Gasteiger partial charge in [0.15, 0.2) is 0 Å². The average molecular weight is 1460 g/mol. The van der Waals surface area contributed by atoms with Crippen molar-refractivity contribution in [3.05, 3.63) is 331 Å². The Morgan fingerprint density at radius 2 is 0.607 bits per heavy atom. The zero-order chi connectivity index (χ0) is 76.1. The van der Waals surface area contributed by atoms with E-state index in [1.807, 2.05) is 0 Å². The van der Waals surface area contributed by atoms with E-state index in [9.17, 15) is 0 Å². The number of benzene rings is 14. The predicted octanol–water partition coefficient (Wildman–Crippen LogP) is 31.5. The second-order valence-electron chi connectivity index (χ2n) is 32.4. The molecule has 18 rings (SSSR count). The van der Waals surface area contributed by atoms with Crippen LogP contribution >= 0.6 is 0 Å². The van der Waals surface area contributed by atoms with Gasteiger partial charge in [0.25, 0.3) is 0 Å². The topological polar surface area (TPSA) is 16.3 Å². The first-order valence-corrected chi connectivity index (χ1v) is 42.4. The van der Waals surface area contributed by atoms with Crippen LogP contribution in [0.15, 0.2) is 303 Å². The molecular weight excluding hydrogens is 1350 g/mol. The first-order valence-electron chi connectivity index (χ1n) is 42.4. The van der Waals surface area contributed by atoms with E-state index in [4.69, 9.17) is 0 Å². The van der Waals surface area contributed by atoms with Crippen LogP contribution in [-0.2, 0) is 10.8 Å². The molecule has 2 aromatic heterocycles. The number of anilines is 5. The molecule has 0 radical (unpaired) electrons. The molecule has 2 heterocycles. The molecule has 0 fully saturated rings. The van der Waals surface area contributed by atoms with Gasteiger partial charge in [0, 0.05) is 79.2 Å². The minimum absolute atomic E-state index is 0.0164. The van der Waals surface area contributed by atoms with Crippen LogP contribution in [0.3, 0.4) is 0 Å². The normalized spacial score (nSPS) is 13.1. The Kier molecular flexibility index (Phi) is 21.4. The van der Waals surface area contributed by atoms with E-state index >= 15 is 0 Å². The standard InChI is InChI=1S/C64H60N2.C44H48N2/c1-4-6-8-17-39-64(40-18-9-7-5-2)60-29-15-13-25-56(60)57-37-33-51(44-61(57)64)65(50-34-38-63-59(43-50)58-26-14-16-30-62(58)66(63)48-23-11-10-12-24-48)49-32-36-53-47(42-49)22-20-28-55(53)54-27-19-21-46-41-45(3)31-35-52(46)54;1-4-6-8-17-29-44(30-18-9-7-5-2)40-23-15-13-21-36(40)37-27-25-35(32-41(37)44)45(3)34-26-28-43-39(31-34)38-22-14-16-24-42(38)46(43)33-19-11-10-12-20-33/h10-16,19-38,41-44H,4-9,17-18,39-40H2,1-3H3;10-16,19-28,31-32H,4-9,17-18,29-30H2,1-3H3. The predicted molar refractivity (Wildman–Crippen MR) is 483 cm³/mol. The average Bonchev–Trinajstić information content (AvgIpc) is 1.56. The van der Waals surface area contributed by atoms with Crippen LogP contribution in [0, 0.1) is 6.92 Å². The molecule has 0 saturated carbocycles. The molecule has 0 aliphatic heterocycles. The van der Waals surface area contributed by atoms with E-state index in [0.717, 1.165) is 11.4 Å². The summed E-state index contributed by atoms with van der Waals surface area (Å²) in [5.41, 5.74) is 29.1. The fraction of sp³-hybridized carbons (Fsp3) is 0.259. The fourth-order valence-electron chi connectivity index (χ4n) is 19.8. The van der Waals surface area contributed by atoms with Gasteiger partial charge < -0.3 is 18.9 Å². The first-order chi connectivity index (χ1) is 55.2. The molecule has 0 atom stereocenters. The van der Waals surface area contributed by atoms with Crippen LogP contribution < -0.4 is 9.80 Å². The van der Waals surface area contributed by atoms with Gasteiger partial charge in [-0.15, -0.1) is 0 Å². The van der Waals surface area contributed by atoms with Gasteiger partial charge in [0.05, 0.1) is 22.1 Å². The van der Waals surface area contributed by atoms with Crippen LogP contribution in [0.4, 0.5) is 28.4 Å². The third-order valence-corrected chi connectivity index (χ3v) is 25.4. The summed E-state index contributed by atoms with van der Waals surface area (Å²) in [7, 11) is 2.24. The van der Waals surface area contributed by atoms with Crippen molar-refractivity contribution in [1.29, 1.82) is 0 Å². The molecule has 2 aliphatic rings. The van der Waals surface area contributed by atoms with Gasteiger partial charge in [0.2, 0.25) is 0 Å². The highest BCUT2D eigenvalue weighted by atomic mass is 15.1. The molecule has 560 valence electrons. The largest absolute Gasteiger partial charge is 0.345 e. The molecule has 16 aromatic rings. The number of nitrogens with zero attached hydrogens (tertiary/aromatic N) is 4. The van der Waals surface area contributed by atoms with Gasteiger partial charge in [-0.05, 0) is 219 Å². The minimum Gasteiger partial charge on any atom is -0.345 e. The molecule has 112 heavy (non-hydrogen) atoms. The Labute approximate surface area is 665 Å². The van der Waals surface area contributed by atoms with Crippen LogP contribution in [0.25, 0.3) is 110 Å². The summed E-state index contributed by atoms with van der Waals surface area (Å²) >= 11 is 0. The van der Waals surface area contributed by atoms with Crippen molar-refractivity contribution >= 4 is 93.6 Å². The van der Waals surface area contributed by atoms with E-state index in [-0.39, 0.29) is 10.8 Å². The van der Waals surface area contributed by atoms with Crippen molar-refractivity contribution in [3.8, 4) is 44.8 Å². The second-order valence-corrected chi connectivity index (χ2v) is 32.4. The van der Waals surface area contributed by atoms with Crippen LogP contribution in [0.1, 0.15) is 184 Å². The van der Waals surface area contributed by atoms with Crippen molar-refractivity contribution in [2.24, 2.45) is 0 Å². The van der Waals surface area contributed by atoms with Crippen molar-refractivity contribution in [2.75, 3.05) is 16.8 Å². The Balaban J connectivity index is 0.000000174. The molecule has 14 aromatic carbocycles. The number of aromatic nitrogens is 2. The maximum absolute atomic E-state index is 2.60. The molecule has 4 heteroatoms. The highest BCUT2D eigenvalue weighted by Gasteiger charge is 2.44. The number of aryl methyl sites for hydroxylation is 1. The summed E-state index contributed by atoms with van der Waals surface area (Å²) in [6.45, 7) is 11.5. The van der Waals surface area contributed by atoms with Gasteiger partial charge in [-0.3, -0.25) is 0 Å². The maximum Gasteiger partial charge on any atom is 0.0542 e. The highest BCUT2D eigenvalue weighted by Crippen LogP contribution is 2.58. The lowest BCUT2D eigenvalue weighted by atomic mass is 9.70. The summed E-state index contributed by atoms with van der Waals surface area (Å²) in [4.78, 5) is 4.94. The van der Waals surface area contributed by atoms with E-state index in [2.05, 4.69) is 364 Å². The Hall–Kier alpha value is -11.2. The van der Waals surface area contributed by atoms with Gasteiger partial charge in [-0.2, -0.15) is 0 Å². The number of hydrogen-bond donors (Lipinski definition) is 0. The highest BCUT2D eigenvalue weighted by molar-refractivity contribution is 6.13. The van der Waals surface area contributed by atoms with Gasteiger partial charge in [-0.1, -0.05) is 330 Å². The monoisotopic (exact) mass is 1460 g/mol. The Morgan fingerprint density at radius 3 is 1.12 bits per heavy atom. The lowest BCUT2D eigenvalue weighted by molar-refractivity contribution is 0.401. The SMILES string of the molecule is CCCCCCC1(CCCCCC)c2ccccc2-c2ccc(N(C)c3ccc4c(c3)c3ccccc3n4-c3ccccc3)cc21.CCCCCCC1(CCCCCC)c2ccccc2-c2ccc(N(c3ccc4c(-c5cccc6cc(C)ccc56)cccc4c3)c3ccc4c(c3)c3ccccc3n4-c3ccccc3)cc21. The molecular formula is C108H108N4. The number of fused-ring (bicyclic) bond motifs is 14. The van der Waals surface area contributed by atoms with E-state index in [1.54, 1.807) is 11.1 Å². The molecule has 0 unspecified atom stereocenters. The lowest BCUT2D eigenvalue weighted by Crippen LogP contribution is -2.26. The number of unbranched alkanes of at least 4 members (excludes halogenated alkanes) is 12. The van der Waals surface area contributed by atoms with E-state index < -0.39 is 0 Å². The Bertz CT molecular complexity index is 6000. The summed E-state index contributed by atoms with van der Waals surface area (Å²) in [5.74, 6) is 0. The van der Waals surface area contributed by atoms with Crippen molar-refractivity contribution in [2.45, 2.75) is 174 Å². The third-order valence-electron chi connectivity index (χ3n) is 25.4. The number of para-hydroxylation sites is 4. The van der Waals surface area contributed by atoms with Gasteiger partial charge >= 0.3 is 0 Å². The van der Waals surface area contributed by atoms with E-state index in [0.29, 0.717) is 0 Å². The molecule has 0 spiro atoms. The second kappa shape index (κ2) is 32.6. The summed E-state index contributed by atoms with van der Waals surface area (Å²) in [6.07, 6.45) is 25.4. The van der Waals surface area contributed by atoms with Crippen LogP contribution in [0.5, 0.6) is 0 Å². The van der Waals surface area contributed by atoms with Crippen LogP contribution in [0.2, 0.25) is 0 Å². The minimum atomic E-state index is -0.0164. The molecule has 4 nitrogen and oxygen atoms in total. The zero-order valence-corrected chi connectivity index (χ0v) is 66.8. The lowest BCUT2D eigenvalue weighted by Gasteiger charge is -2.34. The smallest absolute Gasteiger partial charge is 0.0542 e. The van der Waals surface area contributed by atoms with Crippen LogP contribution in [-0.4, -0.2) is 16.2 Å². The zero-order valence-electron chi connectivity index (χ0n) is 66.8. The number of rotatable bonds is 28. The summed E-state index contributed by atoms with van der Waals surface area (Å²) in [5, 5.41) is 10.2. The molecule has 0 amide bonds. The number of hydrogen-bond acceptors (Lipinski definition) is 2. The van der Waals surface area contributed by atoms with Crippen molar-refractivity contribution in [3.63, 3.8) is 0 Å². The van der Waals surface area contributed by atoms with Gasteiger partial charge in [-0.25, -0.2) is 0 Å². The molecule has 0 saturated heterocycles. The van der Waals surface area contributed by atoms with Crippen molar-refractivity contribution in [1.82, 2.24) is 9.13 Å². The molecule has 0 N–H and O–H groups in total. The van der Waals surface area contributed by atoms with Gasteiger partial charge in [0.1, 0.15) is 0 Å². The summed E-state index contributed by atoms with van der Waals surface area (Å²) < 4.78 is 4.81. The quantitative estimate of drug-likeness (QED) is 0.0455. The van der Waals surface area contributed by atoms with Crippen molar-refractivity contribution < 1.29 is 0 Å². The molecule has 2 aliphatic carbocycles. The summed E-state index contributed by atoms with van der Waals surface area (Å²) in [6, 6.07) is 114. The van der Waals surface area contributed by atoms with E-state index in [1.165, 1.54) is 272 Å². The third kappa shape index (κ3) is 13.7. The first kappa shape index (κ1) is 73.6. The fourth-order valence-corrected chi connectivity index (χ4v) is 19.8. The Morgan fingerprint density at radius 1 is 0.250 bits per heavy atom. The molecule has 0 bridgehead atoms.